The zero-order chi connectivity index (χ0) is 18.9. The van der Waals surface area contributed by atoms with Crippen molar-refractivity contribution in [3.63, 3.8) is 0 Å². The van der Waals surface area contributed by atoms with E-state index in [4.69, 9.17) is 10.8 Å². The molecular formula is C19H18N4O3. The first-order valence-electron chi connectivity index (χ1n) is 7.69. The molecule has 0 atom stereocenters. The monoisotopic (exact) mass is 350 g/mol. The van der Waals surface area contributed by atoms with Gasteiger partial charge in [-0.1, -0.05) is 17.7 Å². The molecule has 3 rings (SSSR count). The molecule has 1 aromatic heterocycles. The first kappa shape index (κ1) is 18.6. The van der Waals surface area contributed by atoms with Crippen LogP contribution in [-0.2, 0) is 0 Å². The molecule has 3 aromatic rings. The highest BCUT2D eigenvalue weighted by Gasteiger charge is 2.00. The van der Waals surface area contributed by atoms with Gasteiger partial charge in [0, 0.05) is 23.6 Å². The number of nitrogens with two attached hydrogens (primary N) is 1. The molecule has 2 aromatic carbocycles. The number of primary amides is 1. The first-order valence-corrected chi connectivity index (χ1v) is 7.69. The number of carboxylic acid groups (broad SMARTS) is 1. The fourth-order valence-electron chi connectivity index (χ4n) is 1.91. The summed E-state index contributed by atoms with van der Waals surface area (Å²) in [5, 5.41) is 11.5. The number of anilines is 2. The van der Waals surface area contributed by atoms with E-state index < -0.39 is 11.9 Å². The van der Waals surface area contributed by atoms with Crippen LogP contribution in [0.5, 0.6) is 0 Å². The Morgan fingerprint density at radius 2 is 1.46 bits per heavy atom. The molecule has 4 N–H and O–H groups in total. The Labute approximate surface area is 150 Å². The van der Waals surface area contributed by atoms with E-state index in [1.54, 1.807) is 67.0 Å². The largest absolute Gasteiger partial charge is 0.478 e. The van der Waals surface area contributed by atoms with Crippen molar-refractivity contribution in [2.75, 3.05) is 5.32 Å². The topological polar surface area (TPSA) is 118 Å². The Kier molecular flexibility index (Phi) is 6.39. The van der Waals surface area contributed by atoms with Crippen LogP contribution in [0.1, 0.15) is 26.3 Å². The Morgan fingerprint density at radius 1 is 0.923 bits per heavy atom. The molecule has 0 fully saturated rings. The van der Waals surface area contributed by atoms with Crippen molar-refractivity contribution in [3.8, 4) is 0 Å². The number of carbonyl (C=O) groups is 2. The lowest BCUT2D eigenvalue weighted by Gasteiger charge is -2.04. The molecule has 1 heterocycles. The highest BCUT2D eigenvalue weighted by atomic mass is 16.4. The van der Waals surface area contributed by atoms with E-state index in [0.29, 0.717) is 17.1 Å². The molecule has 0 saturated carbocycles. The number of aromatic carboxylic acids is 1. The van der Waals surface area contributed by atoms with Crippen molar-refractivity contribution < 1.29 is 14.7 Å². The molecule has 7 nitrogen and oxygen atoms in total. The van der Waals surface area contributed by atoms with Crippen LogP contribution in [0.15, 0.2) is 67.0 Å². The van der Waals surface area contributed by atoms with Gasteiger partial charge >= 0.3 is 5.97 Å². The zero-order valence-corrected chi connectivity index (χ0v) is 14.1. The third-order valence-corrected chi connectivity index (χ3v) is 3.29. The number of hydrogen-bond acceptors (Lipinski definition) is 5. The van der Waals surface area contributed by atoms with E-state index in [9.17, 15) is 9.59 Å². The molecule has 0 aliphatic carbocycles. The number of rotatable bonds is 4. The lowest BCUT2D eigenvalue weighted by Crippen LogP contribution is -2.10. The number of aryl methyl sites for hydroxylation is 1. The molecule has 7 heteroatoms. The molecule has 0 unspecified atom stereocenters. The standard InChI is InChI=1S/C11H10N4O.C8H8O2/c12-10(16)8-2-4-9(5-3-8)15-11-13-6-1-7-14-11;1-6-2-4-7(5-3-6)8(9)10/h1-7H,(H2,12,16)(H,13,14,15);2-5H,1H3,(H,9,10). The molecule has 0 aliphatic heterocycles. The maximum absolute atomic E-state index is 10.8. The number of nitrogens with zero attached hydrogens (tertiary/aromatic N) is 2. The summed E-state index contributed by atoms with van der Waals surface area (Å²) >= 11 is 0. The third kappa shape index (κ3) is 5.72. The number of carboxylic acids is 1. The predicted octanol–water partition coefficient (Wildman–Crippen LogP) is 3.01. The highest BCUT2D eigenvalue weighted by molar-refractivity contribution is 5.93. The van der Waals surface area contributed by atoms with Crippen LogP contribution < -0.4 is 11.1 Å². The number of hydrogen-bond donors (Lipinski definition) is 3. The van der Waals surface area contributed by atoms with Gasteiger partial charge in [-0.3, -0.25) is 4.79 Å². The summed E-state index contributed by atoms with van der Waals surface area (Å²) in [6.07, 6.45) is 3.29. The van der Waals surface area contributed by atoms with Gasteiger partial charge in [0.25, 0.3) is 0 Å². The average Bonchev–Trinajstić information content (AvgIpc) is 2.64. The Bertz CT molecular complexity index is 864. The minimum Gasteiger partial charge on any atom is -0.478 e. The van der Waals surface area contributed by atoms with Crippen LogP contribution in [-0.4, -0.2) is 27.0 Å². The molecule has 0 radical (unpaired) electrons. The average molecular weight is 350 g/mol. The molecule has 132 valence electrons. The number of carbonyl (C=O) groups excluding carboxylic acids is 1. The second-order valence-electron chi connectivity index (χ2n) is 5.31. The van der Waals surface area contributed by atoms with Gasteiger partial charge < -0.3 is 16.2 Å². The van der Waals surface area contributed by atoms with Gasteiger partial charge in [0.1, 0.15) is 0 Å². The number of aromatic nitrogens is 2. The van der Waals surface area contributed by atoms with Crippen molar-refractivity contribution in [2.45, 2.75) is 6.92 Å². The van der Waals surface area contributed by atoms with Gasteiger partial charge in [0.2, 0.25) is 11.9 Å². The van der Waals surface area contributed by atoms with Gasteiger partial charge in [-0.05, 0) is 49.4 Å². The van der Waals surface area contributed by atoms with Crippen LogP contribution in [0.4, 0.5) is 11.6 Å². The van der Waals surface area contributed by atoms with E-state index >= 15 is 0 Å². The van der Waals surface area contributed by atoms with E-state index in [2.05, 4.69) is 15.3 Å². The summed E-state index contributed by atoms with van der Waals surface area (Å²) in [6, 6.07) is 15.3. The quantitative estimate of drug-likeness (QED) is 0.665. The maximum Gasteiger partial charge on any atom is 0.335 e. The van der Waals surface area contributed by atoms with Gasteiger partial charge in [0.05, 0.1) is 5.56 Å². The second kappa shape index (κ2) is 8.93. The minimum atomic E-state index is -0.875. The summed E-state index contributed by atoms with van der Waals surface area (Å²) in [6.45, 7) is 1.92. The molecule has 0 aliphatic rings. The summed E-state index contributed by atoms with van der Waals surface area (Å²) in [7, 11) is 0. The van der Waals surface area contributed by atoms with Crippen molar-refractivity contribution >= 4 is 23.5 Å². The van der Waals surface area contributed by atoms with Gasteiger partial charge in [-0.15, -0.1) is 0 Å². The minimum absolute atomic E-state index is 0.339. The number of benzene rings is 2. The molecule has 0 bridgehead atoms. The van der Waals surface area contributed by atoms with Crippen LogP contribution >= 0.6 is 0 Å². The normalized spacial score (nSPS) is 9.58. The SMILES string of the molecule is Cc1ccc(C(=O)O)cc1.NC(=O)c1ccc(Nc2ncccn2)cc1. The van der Waals surface area contributed by atoms with Crippen LogP contribution in [0, 0.1) is 6.92 Å². The lowest BCUT2D eigenvalue weighted by molar-refractivity contribution is 0.0696. The van der Waals surface area contributed by atoms with Crippen molar-refractivity contribution in [2.24, 2.45) is 5.73 Å². The van der Waals surface area contributed by atoms with Crippen LogP contribution in [0.2, 0.25) is 0 Å². The van der Waals surface area contributed by atoms with E-state index in [-0.39, 0.29) is 0 Å². The Hall–Kier alpha value is -3.74. The first-order chi connectivity index (χ1) is 12.5. The Balaban J connectivity index is 0.000000209. The van der Waals surface area contributed by atoms with Gasteiger partial charge in [-0.25, -0.2) is 14.8 Å². The number of amides is 1. The fourth-order valence-corrected chi connectivity index (χ4v) is 1.91. The summed E-state index contributed by atoms with van der Waals surface area (Å²) in [4.78, 5) is 29.2. The summed E-state index contributed by atoms with van der Waals surface area (Å²) in [5.74, 6) is -0.808. The maximum atomic E-state index is 10.8. The molecule has 0 saturated heterocycles. The second-order valence-corrected chi connectivity index (χ2v) is 5.31. The Morgan fingerprint density at radius 3 is 1.96 bits per heavy atom. The van der Waals surface area contributed by atoms with Crippen LogP contribution in [0.25, 0.3) is 0 Å². The van der Waals surface area contributed by atoms with E-state index in [1.165, 1.54) is 0 Å². The predicted molar refractivity (Wildman–Crippen MR) is 98.4 cm³/mol. The number of nitrogens with one attached hydrogen (secondary N) is 1. The van der Waals surface area contributed by atoms with E-state index in [1.807, 2.05) is 6.92 Å². The molecule has 0 spiro atoms. The summed E-state index contributed by atoms with van der Waals surface area (Å²) in [5.41, 5.74) is 7.82. The molecule has 1 amide bonds. The highest BCUT2D eigenvalue weighted by Crippen LogP contribution is 2.12. The van der Waals surface area contributed by atoms with Crippen molar-refractivity contribution in [1.82, 2.24) is 9.97 Å². The van der Waals surface area contributed by atoms with Crippen molar-refractivity contribution in [3.05, 3.63) is 83.7 Å². The van der Waals surface area contributed by atoms with Crippen molar-refractivity contribution in [1.29, 1.82) is 0 Å². The van der Waals surface area contributed by atoms with Crippen LogP contribution in [0.3, 0.4) is 0 Å². The van der Waals surface area contributed by atoms with Gasteiger partial charge in [-0.2, -0.15) is 0 Å². The van der Waals surface area contributed by atoms with Gasteiger partial charge in [0.15, 0.2) is 0 Å². The zero-order valence-electron chi connectivity index (χ0n) is 14.1. The fraction of sp³-hybridized carbons (Fsp3) is 0.0526. The lowest BCUT2D eigenvalue weighted by atomic mass is 10.2. The summed E-state index contributed by atoms with van der Waals surface area (Å²) < 4.78 is 0. The molecular weight excluding hydrogens is 332 g/mol. The smallest absolute Gasteiger partial charge is 0.335 e. The van der Waals surface area contributed by atoms with E-state index in [0.717, 1.165) is 11.3 Å². The molecule has 26 heavy (non-hydrogen) atoms. The third-order valence-electron chi connectivity index (χ3n) is 3.29.